The standard InChI is InChI=1S/C20H19Cl2N5O3S2/c21-12-6-14(22)13-8-18(31-17(13)7-12)32(29,30)26-16-3-4-27(20(16)28)9-11-5-10(19(24)25)1-2-15(11)23/h1-2,5-8,16,26H,3-4,9,23H2,(H3,24,25)/t16-/m0/s1. The quantitative estimate of drug-likeness (QED) is 0.228. The molecule has 32 heavy (non-hydrogen) atoms. The maximum absolute atomic E-state index is 12.9. The third-order valence-corrected chi connectivity index (χ3v) is 8.76. The number of carbonyl (C=O) groups is 1. The number of benzene rings is 2. The fourth-order valence-electron chi connectivity index (χ4n) is 3.54. The maximum Gasteiger partial charge on any atom is 0.250 e. The molecule has 0 aliphatic carbocycles. The van der Waals surface area contributed by atoms with Gasteiger partial charge in [-0.25, -0.2) is 8.42 Å². The Bertz CT molecular complexity index is 1360. The summed E-state index contributed by atoms with van der Waals surface area (Å²) in [5, 5.41) is 8.93. The molecule has 0 bridgehead atoms. The summed E-state index contributed by atoms with van der Waals surface area (Å²) in [5.41, 5.74) is 13.1. The number of hydrogen-bond donors (Lipinski definition) is 4. The van der Waals surface area contributed by atoms with Crippen molar-refractivity contribution in [2.45, 2.75) is 23.2 Å². The van der Waals surface area contributed by atoms with E-state index in [4.69, 9.17) is 40.1 Å². The molecule has 1 aliphatic heterocycles. The minimum absolute atomic E-state index is 0.0568. The number of hydrogen-bond acceptors (Lipinski definition) is 6. The molecule has 12 heteroatoms. The summed E-state index contributed by atoms with van der Waals surface area (Å²) in [7, 11) is -3.94. The fourth-order valence-corrected chi connectivity index (χ4v) is 6.90. The zero-order chi connectivity index (χ0) is 23.2. The van der Waals surface area contributed by atoms with E-state index >= 15 is 0 Å². The number of nitrogen functional groups attached to an aromatic ring is 2. The van der Waals surface area contributed by atoms with Crippen LogP contribution in [0.4, 0.5) is 5.69 Å². The van der Waals surface area contributed by atoms with Crippen LogP contribution >= 0.6 is 34.5 Å². The van der Waals surface area contributed by atoms with Crippen molar-refractivity contribution < 1.29 is 13.2 Å². The van der Waals surface area contributed by atoms with Gasteiger partial charge in [-0.2, -0.15) is 4.72 Å². The lowest BCUT2D eigenvalue weighted by Crippen LogP contribution is -2.41. The van der Waals surface area contributed by atoms with Crippen LogP contribution in [0.1, 0.15) is 17.5 Å². The minimum atomic E-state index is -3.94. The molecule has 8 nitrogen and oxygen atoms in total. The van der Waals surface area contributed by atoms with Gasteiger partial charge in [-0.3, -0.25) is 10.2 Å². The first-order chi connectivity index (χ1) is 15.0. The number of rotatable bonds is 6. The van der Waals surface area contributed by atoms with Gasteiger partial charge in [0.2, 0.25) is 5.91 Å². The molecule has 1 fully saturated rings. The van der Waals surface area contributed by atoms with Gasteiger partial charge in [0.05, 0.1) is 5.02 Å². The molecule has 1 aromatic heterocycles. The Morgan fingerprint density at radius 2 is 2.00 bits per heavy atom. The molecule has 1 atom stereocenters. The third-order valence-electron chi connectivity index (χ3n) is 5.20. The average molecular weight is 512 g/mol. The van der Waals surface area contributed by atoms with Gasteiger partial charge in [0.1, 0.15) is 16.1 Å². The molecular weight excluding hydrogens is 493 g/mol. The molecular formula is C20H19Cl2N5O3S2. The monoisotopic (exact) mass is 511 g/mol. The molecule has 168 valence electrons. The number of halogens is 2. The fraction of sp³-hybridized carbons (Fsp3) is 0.200. The van der Waals surface area contributed by atoms with Gasteiger partial charge in [-0.1, -0.05) is 23.2 Å². The van der Waals surface area contributed by atoms with Crippen LogP contribution in [-0.4, -0.2) is 37.6 Å². The number of amides is 1. The van der Waals surface area contributed by atoms with Crippen LogP contribution in [0.5, 0.6) is 0 Å². The summed E-state index contributed by atoms with van der Waals surface area (Å²) in [6.45, 7) is 0.560. The average Bonchev–Trinajstić information content (AvgIpc) is 3.29. The number of carbonyl (C=O) groups excluding carboxylic acids is 1. The molecule has 1 aliphatic rings. The van der Waals surface area contributed by atoms with Crippen molar-refractivity contribution >= 4 is 72.1 Å². The number of likely N-dealkylation sites (tertiary alicyclic amines) is 1. The Labute approximate surface area is 198 Å². The Hall–Kier alpha value is -2.37. The van der Waals surface area contributed by atoms with Crippen molar-refractivity contribution in [3.05, 3.63) is 57.6 Å². The number of amidine groups is 1. The number of fused-ring (bicyclic) bond motifs is 1. The Morgan fingerprint density at radius 1 is 1.25 bits per heavy atom. The molecule has 2 heterocycles. The topological polar surface area (TPSA) is 142 Å². The van der Waals surface area contributed by atoms with Crippen molar-refractivity contribution in [1.82, 2.24) is 9.62 Å². The Morgan fingerprint density at radius 3 is 2.72 bits per heavy atom. The van der Waals surface area contributed by atoms with E-state index in [9.17, 15) is 13.2 Å². The maximum atomic E-state index is 12.9. The molecule has 3 aromatic rings. The van der Waals surface area contributed by atoms with E-state index in [2.05, 4.69) is 4.72 Å². The van der Waals surface area contributed by atoms with E-state index < -0.39 is 16.1 Å². The van der Waals surface area contributed by atoms with E-state index in [1.54, 1.807) is 30.3 Å². The van der Waals surface area contributed by atoms with Crippen molar-refractivity contribution in [3.8, 4) is 0 Å². The van der Waals surface area contributed by atoms with E-state index in [-0.39, 0.29) is 22.5 Å². The van der Waals surface area contributed by atoms with E-state index in [1.807, 2.05) is 0 Å². The van der Waals surface area contributed by atoms with Gasteiger partial charge in [0.25, 0.3) is 10.0 Å². The number of nitrogens with two attached hydrogens (primary N) is 2. The number of nitrogens with zero attached hydrogens (tertiary/aromatic N) is 1. The molecule has 0 radical (unpaired) electrons. The predicted molar refractivity (Wildman–Crippen MR) is 128 cm³/mol. The molecule has 0 unspecified atom stereocenters. The van der Waals surface area contributed by atoms with Crippen molar-refractivity contribution in [1.29, 1.82) is 5.41 Å². The van der Waals surface area contributed by atoms with Gasteiger partial charge >= 0.3 is 0 Å². The summed E-state index contributed by atoms with van der Waals surface area (Å²) >= 11 is 13.2. The van der Waals surface area contributed by atoms with Gasteiger partial charge in [-0.15, -0.1) is 11.3 Å². The van der Waals surface area contributed by atoms with Crippen LogP contribution in [-0.2, 0) is 21.4 Å². The lowest BCUT2D eigenvalue weighted by Gasteiger charge is -2.19. The van der Waals surface area contributed by atoms with Crippen LogP contribution in [0.2, 0.25) is 10.0 Å². The first-order valence-corrected chi connectivity index (χ1v) is 12.5. The van der Waals surface area contributed by atoms with Crippen molar-refractivity contribution in [2.75, 3.05) is 12.3 Å². The minimum Gasteiger partial charge on any atom is -0.398 e. The highest BCUT2D eigenvalue weighted by molar-refractivity contribution is 7.91. The van der Waals surface area contributed by atoms with E-state index in [0.29, 0.717) is 49.9 Å². The predicted octanol–water partition coefficient (Wildman–Crippen LogP) is 3.15. The first kappa shape index (κ1) is 22.8. The van der Waals surface area contributed by atoms with Crippen LogP contribution in [0.3, 0.4) is 0 Å². The molecule has 1 saturated heterocycles. The Balaban J connectivity index is 1.51. The number of anilines is 1. The summed E-state index contributed by atoms with van der Waals surface area (Å²) in [4.78, 5) is 14.4. The second-order valence-electron chi connectivity index (χ2n) is 7.41. The van der Waals surface area contributed by atoms with E-state index in [0.717, 1.165) is 11.3 Å². The zero-order valence-electron chi connectivity index (χ0n) is 16.6. The molecule has 1 amide bonds. The van der Waals surface area contributed by atoms with E-state index in [1.165, 1.54) is 11.0 Å². The normalized spacial score (nSPS) is 16.8. The first-order valence-electron chi connectivity index (χ1n) is 9.47. The molecule has 0 saturated carbocycles. The molecule has 4 rings (SSSR count). The van der Waals surface area contributed by atoms with Crippen molar-refractivity contribution in [2.24, 2.45) is 5.73 Å². The van der Waals surface area contributed by atoms with Crippen LogP contribution < -0.4 is 16.2 Å². The second-order valence-corrected chi connectivity index (χ2v) is 11.3. The van der Waals surface area contributed by atoms with Crippen LogP contribution in [0.25, 0.3) is 10.1 Å². The number of sulfonamides is 1. The smallest absolute Gasteiger partial charge is 0.250 e. The van der Waals surface area contributed by atoms with Gasteiger partial charge in [-0.05, 0) is 48.4 Å². The summed E-state index contributed by atoms with van der Waals surface area (Å²) < 4.78 is 29.1. The lowest BCUT2D eigenvalue weighted by molar-refractivity contribution is -0.129. The van der Waals surface area contributed by atoms with Crippen molar-refractivity contribution in [3.63, 3.8) is 0 Å². The summed E-state index contributed by atoms with van der Waals surface area (Å²) in [5.74, 6) is -0.447. The van der Waals surface area contributed by atoms with Crippen LogP contribution in [0, 0.1) is 5.41 Å². The van der Waals surface area contributed by atoms with Gasteiger partial charge < -0.3 is 16.4 Å². The molecule has 6 N–H and O–H groups in total. The highest BCUT2D eigenvalue weighted by Gasteiger charge is 2.35. The second kappa shape index (κ2) is 8.53. The van der Waals surface area contributed by atoms with Crippen LogP contribution in [0.15, 0.2) is 40.6 Å². The van der Waals surface area contributed by atoms with Gasteiger partial charge in [0, 0.05) is 39.4 Å². The zero-order valence-corrected chi connectivity index (χ0v) is 19.7. The Kier molecular flexibility index (Phi) is 6.08. The highest BCUT2D eigenvalue weighted by atomic mass is 35.5. The lowest BCUT2D eigenvalue weighted by atomic mass is 10.1. The SMILES string of the molecule is N=C(N)c1ccc(N)c(CN2CC[C@H](NS(=O)(=O)c3cc4c(Cl)cc(Cl)cc4s3)C2=O)c1. The van der Waals surface area contributed by atoms with Gasteiger partial charge in [0.15, 0.2) is 0 Å². The summed E-state index contributed by atoms with van der Waals surface area (Å²) in [6.07, 6.45) is 0.321. The highest BCUT2D eigenvalue weighted by Crippen LogP contribution is 2.36. The third kappa shape index (κ3) is 4.41. The summed E-state index contributed by atoms with van der Waals surface area (Å²) in [6, 6.07) is 8.71. The molecule has 2 aromatic carbocycles. The molecule has 0 spiro atoms. The number of nitrogens with one attached hydrogen (secondary N) is 2. The largest absolute Gasteiger partial charge is 0.398 e. The number of thiophene rings is 1.